The third kappa shape index (κ3) is 3.56. The molecule has 0 spiro atoms. The molecule has 1 nitrogen and oxygen atoms in total. The number of rotatable bonds is 5. The normalized spacial score (nSPS) is 17.9. The number of halogens is 1. The Morgan fingerprint density at radius 1 is 1.21 bits per heavy atom. The molecule has 1 N–H and O–H groups in total. The third-order valence-corrected chi connectivity index (χ3v) is 4.36. The Bertz CT molecular complexity index is 398. The summed E-state index contributed by atoms with van der Waals surface area (Å²) in [5.74, 6) is 0.787. The topological polar surface area (TPSA) is 12.0 Å². The molecule has 1 aromatic rings. The Hall–Kier alpha value is -0.890. The predicted molar refractivity (Wildman–Crippen MR) is 78.9 cm³/mol. The number of benzene rings is 1. The Morgan fingerprint density at radius 2 is 1.79 bits per heavy atom. The highest BCUT2D eigenvalue weighted by molar-refractivity contribution is 5.32. The molecule has 2 rings (SSSR count). The Labute approximate surface area is 116 Å². The number of nitrogens with one attached hydrogen (secondary N) is 1. The van der Waals surface area contributed by atoms with Crippen molar-refractivity contribution < 1.29 is 4.39 Å². The summed E-state index contributed by atoms with van der Waals surface area (Å²) in [6.45, 7) is 6.84. The highest BCUT2D eigenvalue weighted by atomic mass is 19.1. The summed E-state index contributed by atoms with van der Waals surface area (Å²) in [5, 5.41) is 3.58. The van der Waals surface area contributed by atoms with Crippen LogP contribution in [-0.2, 0) is 0 Å². The van der Waals surface area contributed by atoms with Crippen LogP contribution >= 0.6 is 0 Å². The highest BCUT2D eigenvalue weighted by Crippen LogP contribution is 2.33. The first-order chi connectivity index (χ1) is 9.11. The number of hydrogen-bond donors (Lipinski definition) is 1. The molecular weight excluding hydrogens is 237 g/mol. The van der Waals surface area contributed by atoms with Crippen LogP contribution in [0.5, 0.6) is 0 Å². The fourth-order valence-corrected chi connectivity index (χ4v) is 3.34. The first kappa shape index (κ1) is 14.5. The molecule has 2 heteroatoms. The molecule has 19 heavy (non-hydrogen) atoms. The van der Waals surface area contributed by atoms with Crippen molar-refractivity contribution in [1.29, 1.82) is 0 Å². The number of aryl methyl sites for hydroxylation is 2. The second-order valence-corrected chi connectivity index (χ2v) is 5.97. The van der Waals surface area contributed by atoms with Crippen LogP contribution in [0.1, 0.15) is 61.8 Å². The van der Waals surface area contributed by atoms with Crippen LogP contribution in [0, 0.1) is 25.6 Å². The maximum absolute atomic E-state index is 13.7. The van der Waals surface area contributed by atoms with Crippen molar-refractivity contribution in [3.05, 3.63) is 34.6 Å². The molecule has 0 aliphatic heterocycles. The van der Waals surface area contributed by atoms with E-state index in [1.54, 1.807) is 0 Å². The van der Waals surface area contributed by atoms with E-state index in [-0.39, 0.29) is 5.82 Å². The van der Waals surface area contributed by atoms with E-state index < -0.39 is 0 Å². The second kappa shape index (κ2) is 6.51. The molecule has 0 aromatic heterocycles. The first-order valence-corrected chi connectivity index (χ1v) is 7.61. The third-order valence-electron chi connectivity index (χ3n) is 4.36. The van der Waals surface area contributed by atoms with E-state index >= 15 is 0 Å². The lowest BCUT2D eigenvalue weighted by Crippen LogP contribution is -2.23. The average molecular weight is 263 g/mol. The van der Waals surface area contributed by atoms with Crippen LogP contribution in [0.2, 0.25) is 0 Å². The lowest BCUT2D eigenvalue weighted by Gasteiger charge is -2.23. The summed E-state index contributed by atoms with van der Waals surface area (Å²) < 4.78 is 13.7. The van der Waals surface area contributed by atoms with Crippen LogP contribution in [0.15, 0.2) is 12.1 Å². The van der Waals surface area contributed by atoms with Crippen LogP contribution in [-0.4, -0.2) is 6.54 Å². The molecule has 106 valence electrons. The van der Waals surface area contributed by atoms with Gasteiger partial charge in [0, 0.05) is 6.04 Å². The molecule has 0 saturated heterocycles. The second-order valence-electron chi connectivity index (χ2n) is 5.97. The molecular formula is C17H26FN. The SMILES string of the molecule is CCNC(CC1CCCC1)c1cc(C)c(F)c(C)c1. The van der Waals surface area contributed by atoms with Crippen LogP contribution < -0.4 is 5.32 Å². The van der Waals surface area contributed by atoms with Gasteiger partial charge < -0.3 is 5.32 Å². The van der Waals surface area contributed by atoms with Crippen LogP contribution in [0.3, 0.4) is 0 Å². The van der Waals surface area contributed by atoms with Gasteiger partial charge in [-0.2, -0.15) is 0 Å². The number of hydrogen-bond acceptors (Lipinski definition) is 1. The molecule has 1 fully saturated rings. The summed E-state index contributed by atoms with van der Waals surface area (Å²) in [7, 11) is 0. The highest BCUT2D eigenvalue weighted by Gasteiger charge is 2.21. The van der Waals surface area contributed by atoms with Crippen molar-refractivity contribution in [2.75, 3.05) is 6.54 Å². The lowest BCUT2D eigenvalue weighted by atomic mass is 9.91. The molecule has 0 amide bonds. The largest absolute Gasteiger partial charge is 0.310 e. The van der Waals surface area contributed by atoms with E-state index in [1.807, 2.05) is 26.0 Å². The molecule has 1 atom stereocenters. The van der Waals surface area contributed by atoms with Gasteiger partial charge in [-0.25, -0.2) is 4.39 Å². The summed E-state index contributed by atoms with van der Waals surface area (Å²) in [6.07, 6.45) is 6.68. The van der Waals surface area contributed by atoms with Gasteiger partial charge in [0.05, 0.1) is 0 Å². The van der Waals surface area contributed by atoms with Crippen molar-refractivity contribution in [2.45, 2.75) is 58.9 Å². The van der Waals surface area contributed by atoms with Crippen LogP contribution in [0.25, 0.3) is 0 Å². The fraction of sp³-hybridized carbons (Fsp3) is 0.647. The van der Waals surface area contributed by atoms with E-state index in [2.05, 4.69) is 12.2 Å². The summed E-state index contributed by atoms with van der Waals surface area (Å²) in [5.41, 5.74) is 2.79. The zero-order valence-corrected chi connectivity index (χ0v) is 12.4. The van der Waals surface area contributed by atoms with Crippen molar-refractivity contribution in [3.8, 4) is 0 Å². The van der Waals surface area contributed by atoms with Gasteiger partial charge in [0.1, 0.15) is 5.82 Å². The van der Waals surface area contributed by atoms with E-state index in [4.69, 9.17) is 0 Å². The zero-order chi connectivity index (χ0) is 13.8. The zero-order valence-electron chi connectivity index (χ0n) is 12.4. The molecule has 0 heterocycles. The molecule has 1 aliphatic carbocycles. The monoisotopic (exact) mass is 263 g/mol. The average Bonchev–Trinajstić information content (AvgIpc) is 2.88. The summed E-state index contributed by atoms with van der Waals surface area (Å²) in [6, 6.07) is 4.42. The standard InChI is InChI=1S/C17H26FN/c1-4-19-16(11-14-7-5-6-8-14)15-9-12(2)17(18)13(3)10-15/h9-10,14,16,19H,4-8,11H2,1-3H3. The predicted octanol–water partition coefficient (Wildman–Crippen LogP) is 4.67. The van der Waals surface area contributed by atoms with Gasteiger partial charge in [-0.15, -0.1) is 0 Å². The maximum atomic E-state index is 13.7. The Balaban J connectivity index is 2.17. The summed E-state index contributed by atoms with van der Waals surface area (Å²) in [4.78, 5) is 0. The van der Waals surface area contributed by atoms with E-state index in [9.17, 15) is 4.39 Å². The van der Waals surface area contributed by atoms with Crippen molar-refractivity contribution in [1.82, 2.24) is 5.32 Å². The molecule has 0 bridgehead atoms. The van der Waals surface area contributed by atoms with Gasteiger partial charge in [-0.05, 0) is 49.4 Å². The minimum atomic E-state index is -0.0557. The van der Waals surface area contributed by atoms with E-state index in [0.29, 0.717) is 6.04 Å². The minimum absolute atomic E-state index is 0.0557. The first-order valence-electron chi connectivity index (χ1n) is 7.61. The molecule has 1 aromatic carbocycles. The maximum Gasteiger partial charge on any atom is 0.129 e. The molecule has 1 aliphatic rings. The van der Waals surface area contributed by atoms with Crippen LogP contribution in [0.4, 0.5) is 4.39 Å². The Morgan fingerprint density at radius 3 is 2.32 bits per heavy atom. The van der Waals surface area contributed by atoms with Gasteiger partial charge in [-0.3, -0.25) is 0 Å². The lowest BCUT2D eigenvalue weighted by molar-refractivity contribution is 0.400. The summed E-state index contributed by atoms with van der Waals surface area (Å²) >= 11 is 0. The smallest absolute Gasteiger partial charge is 0.129 e. The van der Waals surface area contributed by atoms with E-state index in [1.165, 1.54) is 37.7 Å². The van der Waals surface area contributed by atoms with Gasteiger partial charge in [-0.1, -0.05) is 44.7 Å². The fourth-order valence-electron chi connectivity index (χ4n) is 3.34. The molecule has 1 saturated carbocycles. The van der Waals surface area contributed by atoms with Gasteiger partial charge in [0.25, 0.3) is 0 Å². The quantitative estimate of drug-likeness (QED) is 0.813. The van der Waals surface area contributed by atoms with E-state index in [0.717, 1.165) is 23.6 Å². The molecule has 1 unspecified atom stereocenters. The Kier molecular flexibility index (Phi) is 4.98. The van der Waals surface area contributed by atoms with Gasteiger partial charge >= 0.3 is 0 Å². The van der Waals surface area contributed by atoms with Crippen molar-refractivity contribution >= 4 is 0 Å². The van der Waals surface area contributed by atoms with Crippen molar-refractivity contribution in [2.24, 2.45) is 5.92 Å². The van der Waals surface area contributed by atoms with Gasteiger partial charge in [0.2, 0.25) is 0 Å². The minimum Gasteiger partial charge on any atom is -0.310 e. The molecule has 0 radical (unpaired) electrons. The van der Waals surface area contributed by atoms with Gasteiger partial charge in [0.15, 0.2) is 0 Å². The van der Waals surface area contributed by atoms with Crippen molar-refractivity contribution in [3.63, 3.8) is 0 Å².